The van der Waals surface area contributed by atoms with Gasteiger partial charge >= 0.3 is 5.97 Å². The van der Waals surface area contributed by atoms with Crippen molar-refractivity contribution in [3.8, 4) is 0 Å². The average molecular weight is 424 g/mol. The molecule has 4 unspecified atom stereocenters. The Balaban J connectivity index is 2.08. The zero-order valence-corrected chi connectivity index (χ0v) is 18.0. The molecule has 0 radical (unpaired) electrons. The summed E-state index contributed by atoms with van der Waals surface area (Å²) in [4.78, 5) is 22.8. The Kier molecular flexibility index (Phi) is 10.0. The molecule has 1 spiro atoms. The number of aliphatic carboxylic acids is 1. The predicted molar refractivity (Wildman–Crippen MR) is 113 cm³/mol. The van der Waals surface area contributed by atoms with Gasteiger partial charge in [0.05, 0.1) is 19.3 Å². The zero-order chi connectivity index (χ0) is 22.0. The third-order valence-corrected chi connectivity index (χ3v) is 6.12. The van der Waals surface area contributed by atoms with Crippen LogP contribution in [0.1, 0.15) is 64.7 Å². The van der Waals surface area contributed by atoms with E-state index in [9.17, 15) is 14.7 Å². The highest BCUT2D eigenvalue weighted by atomic mass is 16.7. The minimum absolute atomic E-state index is 0.0904. The first-order valence-electron chi connectivity index (χ1n) is 11.2. The normalized spacial score (nSPS) is 26.8. The number of rotatable bonds is 13. The Morgan fingerprint density at radius 1 is 1.20 bits per heavy atom. The Hall–Kier alpha value is -1.70. The summed E-state index contributed by atoms with van der Waals surface area (Å²) in [5.41, 5.74) is 5.71. The second-order valence-corrected chi connectivity index (χ2v) is 8.35. The van der Waals surface area contributed by atoms with Crippen LogP contribution in [0.15, 0.2) is 24.3 Å². The summed E-state index contributed by atoms with van der Waals surface area (Å²) in [7, 11) is 0. The van der Waals surface area contributed by atoms with Gasteiger partial charge in [-0.2, -0.15) is 0 Å². The van der Waals surface area contributed by atoms with Crippen molar-refractivity contribution in [1.29, 1.82) is 0 Å². The van der Waals surface area contributed by atoms with Crippen LogP contribution in [-0.2, 0) is 19.1 Å². The Morgan fingerprint density at radius 2 is 1.93 bits per heavy atom. The lowest BCUT2D eigenvalue weighted by Gasteiger charge is -2.30. The Labute approximate surface area is 179 Å². The number of primary amides is 1. The molecule has 1 saturated heterocycles. The molecule has 2 rings (SSSR count). The van der Waals surface area contributed by atoms with E-state index < -0.39 is 23.8 Å². The molecule has 0 aromatic rings. The van der Waals surface area contributed by atoms with Gasteiger partial charge in [0.2, 0.25) is 5.91 Å². The van der Waals surface area contributed by atoms with Crippen molar-refractivity contribution >= 4 is 11.9 Å². The van der Waals surface area contributed by atoms with Gasteiger partial charge in [-0.05, 0) is 31.6 Å². The van der Waals surface area contributed by atoms with Crippen molar-refractivity contribution in [3.63, 3.8) is 0 Å². The summed E-state index contributed by atoms with van der Waals surface area (Å²) in [6, 6.07) is 0. The molecule has 7 heteroatoms. The van der Waals surface area contributed by atoms with Crippen LogP contribution in [0.3, 0.4) is 0 Å². The first kappa shape index (κ1) is 24.6. The molecule has 1 aliphatic heterocycles. The Morgan fingerprint density at radius 3 is 2.57 bits per heavy atom. The van der Waals surface area contributed by atoms with Gasteiger partial charge in [0.1, 0.15) is 0 Å². The van der Waals surface area contributed by atoms with E-state index >= 15 is 0 Å². The van der Waals surface area contributed by atoms with E-state index in [1.54, 1.807) is 6.08 Å². The van der Waals surface area contributed by atoms with Gasteiger partial charge in [-0.25, -0.2) is 0 Å². The van der Waals surface area contributed by atoms with Gasteiger partial charge in [-0.1, -0.05) is 50.5 Å². The fraction of sp³-hybridized carbons (Fsp3) is 0.739. The second-order valence-electron chi connectivity index (χ2n) is 8.35. The molecule has 4 N–H and O–H groups in total. The van der Waals surface area contributed by atoms with Crippen molar-refractivity contribution in [1.82, 2.24) is 0 Å². The van der Waals surface area contributed by atoms with E-state index in [-0.39, 0.29) is 24.2 Å². The molecule has 2 aliphatic rings. The molecular formula is C23H37NO6. The van der Waals surface area contributed by atoms with E-state index in [1.165, 1.54) is 0 Å². The number of carboxylic acids is 1. The third-order valence-electron chi connectivity index (χ3n) is 6.12. The first-order chi connectivity index (χ1) is 14.4. The molecule has 7 nitrogen and oxygen atoms in total. The lowest BCUT2D eigenvalue weighted by Crippen LogP contribution is -2.36. The molecule has 170 valence electrons. The summed E-state index contributed by atoms with van der Waals surface area (Å²) >= 11 is 0. The van der Waals surface area contributed by atoms with Gasteiger partial charge in [-0.3, -0.25) is 9.59 Å². The summed E-state index contributed by atoms with van der Waals surface area (Å²) in [6.45, 7) is 3.10. The van der Waals surface area contributed by atoms with Crippen LogP contribution in [0.5, 0.6) is 0 Å². The van der Waals surface area contributed by atoms with E-state index in [0.29, 0.717) is 45.3 Å². The number of aliphatic hydroxyl groups is 1. The number of amides is 1. The smallest absolute Gasteiger partial charge is 0.303 e. The van der Waals surface area contributed by atoms with Gasteiger partial charge in [0.25, 0.3) is 0 Å². The number of nitrogens with two attached hydrogens (primary N) is 1. The van der Waals surface area contributed by atoms with Crippen molar-refractivity contribution in [2.24, 2.45) is 23.5 Å². The number of hydrogen-bond donors (Lipinski definition) is 3. The zero-order valence-electron chi connectivity index (χ0n) is 18.0. The van der Waals surface area contributed by atoms with Crippen LogP contribution >= 0.6 is 0 Å². The van der Waals surface area contributed by atoms with Crippen LogP contribution in [0.2, 0.25) is 0 Å². The molecule has 1 saturated carbocycles. The summed E-state index contributed by atoms with van der Waals surface area (Å²) < 4.78 is 12.0. The quantitative estimate of drug-likeness (QED) is 0.309. The highest BCUT2D eigenvalue weighted by Crippen LogP contribution is 2.51. The highest BCUT2D eigenvalue weighted by Gasteiger charge is 2.57. The first-order valence-corrected chi connectivity index (χ1v) is 11.2. The van der Waals surface area contributed by atoms with Crippen LogP contribution in [0.25, 0.3) is 0 Å². The minimum Gasteiger partial charge on any atom is -0.481 e. The molecule has 4 atom stereocenters. The van der Waals surface area contributed by atoms with E-state index in [1.807, 2.05) is 18.2 Å². The number of ether oxygens (including phenoxy) is 2. The molecule has 1 heterocycles. The van der Waals surface area contributed by atoms with Crippen molar-refractivity contribution in [3.05, 3.63) is 24.3 Å². The van der Waals surface area contributed by atoms with E-state index in [0.717, 1.165) is 19.3 Å². The molecule has 0 bridgehead atoms. The molecule has 2 fully saturated rings. The highest BCUT2D eigenvalue weighted by molar-refractivity contribution is 5.78. The largest absolute Gasteiger partial charge is 0.481 e. The van der Waals surface area contributed by atoms with E-state index in [2.05, 4.69) is 6.92 Å². The fourth-order valence-corrected chi connectivity index (χ4v) is 4.55. The van der Waals surface area contributed by atoms with Gasteiger partial charge < -0.3 is 25.4 Å². The number of allylic oxidation sites excluding steroid dienone is 3. The van der Waals surface area contributed by atoms with Crippen molar-refractivity contribution < 1.29 is 29.3 Å². The van der Waals surface area contributed by atoms with Gasteiger partial charge in [-0.15, -0.1) is 0 Å². The SMILES string of the molecule is CCCCCC(O)/C=C/C1C(C(N)=O)CC2(OCCO2)C1C/C=C/CCCC(=O)O. The molecular weight excluding hydrogens is 386 g/mol. The minimum atomic E-state index is -0.826. The topological polar surface area (TPSA) is 119 Å². The third kappa shape index (κ3) is 6.93. The van der Waals surface area contributed by atoms with Crippen LogP contribution in [0, 0.1) is 17.8 Å². The van der Waals surface area contributed by atoms with Crippen LogP contribution in [0.4, 0.5) is 0 Å². The molecule has 30 heavy (non-hydrogen) atoms. The summed E-state index contributed by atoms with van der Waals surface area (Å²) in [6.07, 6.45) is 13.5. The van der Waals surface area contributed by atoms with E-state index in [4.69, 9.17) is 20.3 Å². The van der Waals surface area contributed by atoms with Gasteiger partial charge in [0.15, 0.2) is 5.79 Å². The monoisotopic (exact) mass is 423 g/mol. The Bertz CT molecular complexity index is 611. The van der Waals surface area contributed by atoms with Crippen molar-refractivity contribution in [2.75, 3.05) is 13.2 Å². The number of carbonyl (C=O) groups excluding carboxylic acids is 1. The maximum atomic E-state index is 12.2. The molecule has 1 amide bonds. The van der Waals surface area contributed by atoms with Crippen LogP contribution < -0.4 is 5.73 Å². The molecule has 0 aromatic heterocycles. The van der Waals surface area contributed by atoms with Crippen LogP contribution in [-0.4, -0.2) is 47.2 Å². The molecule has 0 aromatic carbocycles. The standard InChI is InChI=1S/C23H37NO6/c1-2-3-6-9-17(25)12-13-18-19(22(24)28)16-23(29-14-15-30-23)20(18)10-7-4-5-8-11-21(26)27/h4,7,12-13,17-20,25H,2-3,5-6,8-11,14-16H2,1H3,(H2,24,28)(H,26,27)/b7-4+,13-12+. The number of carbonyl (C=O) groups is 2. The fourth-order valence-electron chi connectivity index (χ4n) is 4.55. The number of carboxylic acid groups (broad SMARTS) is 1. The number of hydrogen-bond acceptors (Lipinski definition) is 5. The maximum absolute atomic E-state index is 12.2. The number of unbranched alkanes of at least 4 members (excludes halogenated alkanes) is 3. The van der Waals surface area contributed by atoms with Crippen molar-refractivity contribution in [2.45, 2.75) is 76.6 Å². The lowest BCUT2D eigenvalue weighted by molar-refractivity contribution is -0.184. The predicted octanol–water partition coefficient (Wildman–Crippen LogP) is 3.17. The lowest BCUT2D eigenvalue weighted by atomic mass is 9.84. The second kappa shape index (κ2) is 12.2. The number of aliphatic hydroxyl groups excluding tert-OH is 1. The summed E-state index contributed by atoms with van der Waals surface area (Å²) in [5.74, 6) is -2.67. The molecule has 1 aliphatic carbocycles. The van der Waals surface area contributed by atoms with Gasteiger partial charge in [0, 0.05) is 24.7 Å². The summed E-state index contributed by atoms with van der Waals surface area (Å²) in [5, 5.41) is 19.0. The average Bonchev–Trinajstić information content (AvgIpc) is 3.28. The maximum Gasteiger partial charge on any atom is 0.303 e.